The number of nitrogens with one attached hydrogen (secondary N) is 2. The number of ether oxygens (including phenoxy) is 1. The summed E-state index contributed by atoms with van der Waals surface area (Å²) in [5.74, 6) is 0.834. The van der Waals surface area contributed by atoms with Crippen LogP contribution in [0.4, 0.5) is 0 Å². The molecule has 2 rings (SSSR count). The average molecular weight is 248 g/mol. The molecule has 0 amide bonds. The molecule has 0 bridgehead atoms. The lowest BCUT2D eigenvalue weighted by Gasteiger charge is -2.23. The molecule has 2 N–H and O–H groups in total. The van der Waals surface area contributed by atoms with E-state index in [1.807, 2.05) is 0 Å². The molecule has 0 aliphatic carbocycles. The largest absolute Gasteiger partial charge is 0.380 e. The standard InChI is InChI=1S/C15H24N2O/c1-18-12-15-5-3-2-4-14(15)11-17-10-13-6-8-16-9-7-13/h2-5,13,16-17H,6-12H2,1H3. The van der Waals surface area contributed by atoms with Crippen LogP contribution in [0.15, 0.2) is 24.3 Å². The maximum Gasteiger partial charge on any atom is 0.0716 e. The second-order valence-corrected chi connectivity index (χ2v) is 5.03. The van der Waals surface area contributed by atoms with Gasteiger partial charge in [0, 0.05) is 13.7 Å². The van der Waals surface area contributed by atoms with Gasteiger partial charge < -0.3 is 15.4 Å². The summed E-state index contributed by atoms with van der Waals surface area (Å²) in [6.07, 6.45) is 2.60. The number of hydrogen-bond donors (Lipinski definition) is 2. The Hall–Kier alpha value is -0.900. The van der Waals surface area contributed by atoms with Crippen molar-refractivity contribution in [3.8, 4) is 0 Å². The van der Waals surface area contributed by atoms with Gasteiger partial charge in [-0.15, -0.1) is 0 Å². The van der Waals surface area contributed by atoms with Gasteiger partial charge in [0.2, 0.25) is 0 Å². The van der Waals surface area contributed by atoms with Gasteiger partial charge in [-0.05, 0) is 49.5 Å². The minimum Gasteiger partial charge on any atom is -0.380 e. The van der Waals surface area contributed by atoms with E-state index in [1.165, 1.54) is 37.1 Å². The lowest BCUT2D eigenvalue weighted by molar-refractivity contribution is 0.184. The summed E-state index contributed by atoms with van der Waals surface area (Å²) in [7, 11) is 1.75. The predicted octanol–water partition coefficient (Wildman–Crippen LogP) is 1.92. The lowest BCUT2D eigenvalue weighted by Crippen LogP contribution is -2.33. The summed E-state index contributed by atoms with van der Waals surface area (Å²) in [5.41, 5.74) is 2.64. The molecule has 0 saturated carbocycles. The Balaban J connectivity index is 1.78. The molecule has 3 nitrogen and oxygen atoms in total. The van der Waals surface area contributed by atoms with Crippen LogP contribution in [0, 0.1) is 5.92 Å². The Morgan fingerprint density at radius 3 is 2.67 bits per heavy atom. The predicted molar refractivity (Wildman–Crippen MR) is 74.5 cm³/mol. The minimum atomic E-state index is 0.700. The molecule has 0 aromatic heterocycles. The van der Waals surface area contributed by atoms with Gasteiger partial charge in [-0.25, -0.2) is 0 Å². The second kappa shape index (κ2) is 7.52. The van der Waals surface area contributed by atoms with Gasteiger partial charge in [-0.2, -0.15) is 0 Å². The van der Waals surface area contributed by atoms with Crippen molar-refractivity contribution in [3.63, 3.8) is 0 Å². The minimum absolute atomic E-state index is 0.700. The monoisotopic (exact) mass is 248 g/mol. The van der Waals surface area contributed by atoms with Crippen LogP contribution in [-0.4, -0.2) is 26.7 Å². The molecule has 1 aliphatic heterocycles. The van der Waals surface area contributed by atoms with Crippen LogP contribution in [0.5, 0.6) is 0 Å². The molecule has 18 heavy (non-hydrogen) atoms. The van der Waals surface area contributed by atoms with Crippen molar-refractivity contribution in [2.45, 2.75) is 26.0 Å². The highest BCUT2D eigenvalue weighted by atomic mass is 16.5. The first kappa shape index (κ1) is 13.5. The van der Waals surface area contributed by atoms with Crippen LogP contribution in [0.25, 0.3) is 0 Å². The third-order valence-corrected chi connectivity index (χ3v) is 3.63. The smallest absolute Gasteiger partial charge is 0.0716 e. The molecule has 0 radical (unpaired) electrons. The van der Waals surface area contributed by atoms with E-state index >= 15 is 0 Å². The van der Waals surface area contributed by atoms with E-state index in [-0.39, 0.29) is 0 Å². The quantitative estimate of drug-likeness (QED) is 0.807. The summed E-state index contributed by atoms with van der Waals surface area (Å²) < 4.78 is 5.23. The highest BCUT2D eigenvalue weighted by molar-refractivity contribution is 5.26. The zero-order chi connectivity index (χ0) is 12.6. The van der Waals surface area contributed by atoms with Crippen molar-refractivity contribution in [1.29, 1.82) is 0 Å². The van der Waals surface area contributed by atoms with Gasteiger partial charge in [-0.1, -0.05) is 24.3 Å². The molecule has 3 heteroatoms. The fourth-order valence-corrected chi connectivity index (χ4v) is 2.52. The first-order valence-electron chi connectivity index (χ1n) is 6.87. The summed E-state index contributed by atoms with van der Waals surface area (Å²) >= 11 is 0. The van der Waals surface area contributed by atoms with Gasteiger partial charge in [0.15, 0.2) is 0 Å². The molecule has 1 aromatic rings. The van der Waals surface area contributed by atoms with Gasteiger partial charge in [0.25, 0.3) is 0 Å². The van der Waals surface area contributed by atoms with Crippen LogP contribution in [0.1, 0.15) is 24.0 Å². The Bertz CT molecular complexity index is 348. The van der Waals surface area contributed by atoms with Crippen LogP contribution < -0.4 is 10.6 Å². The normalized spacial score (nSPS) is 16.9. The molecule has 1 saturated heterocycles. The molecule has 1 aliphatic rings. The molecule has 0 atom stereocenters. The van der Waals surface area contributed by atoms with Gasteiger partial charge >= 0.3 is 0 Å². The Kier molecular flexibility index (Phi) is 5.65. The van der Waals surface area contributed by atoms with Gasteiger partial charge in [-0.3, -0.25) is 0 Å². The van der Waals surface area contributed by atoms with Gasteiger partial charge in [0.1, 0.15) is 0 Å². The molecule has 1 heterocycles. The number of benzene rings is 1. The SMILES string of the molecule is COCc1ccccc1CNCC1CCNCC1. The van der Waals surface area contributed by atoms with E-state index in [2.05, 4.69) is 34.9 Å². The second-order valence-electron chi connectivity index (χ2n) is 5.03. The third kappa shape index (κ3) is 4.09. The highest BCUT2D eigenvalue weighted by Gasteiger charge is 2.12. The van der Waals surface area contributed by atoms with Crippen LogP contribution in [0.2, 0.25) is 0 Å². The van der Waals surface area contributed by atoms with E-state index < -0.39 is 0 Å². The average Bonchev–Trinajstić information content (AvgIpc) is 2.42. The maximum absolute atomic E-state index is 5.23. The van der Waals surface area contributed by atoms with Crippen molar-refractivity contribution < 1.29 is 4.74 Å². The third-order valence-electron chi connectivity index (χ3n) is 3.63. The summed E-state index contributed by atoms with van der Waals surface area (Å²) in [6.45, 7) is 5.12. The molecule has 1 aromatic carbocycles. The molecule has 0 unspecified atom stereocenters. The number of methoxy groups -OCH3 is 1. The first-order valence-corrected chi connectivity index (χ1v) is 6.87. The van der Waals surface area contributed by atoms with Crippen molar-refractivity contribution in [2.75, 3.05) is 26.7 Å². The zero-order valence-electron chi connectivity index (χ0n) is 11.2. The van der Waals surface area contributed by atoms with E-state index in [0.29, 0.717) is 6.61 Å². The Morgan fingerprint density at radius 2 is 1.94 bits per heavy atom. The van der Waals surface area contributed by atoms with Gasteiger partial charge in [0.05, 0.1) is 6.61 Å². The van der Waals surface area contributed by atoms with E-state index in [1.54, 1.807) is 7.11 Å². The highest BCUT2D eigenvalue weighted by Crippen LogP contribution is 2.12. The van der Waals surface area contributed by atoms with Crippen molar-refractivity contribution in [3.05, 3.63) is 35.4 Å². The van der Waals surface area contributed by atoms with E-state index in [9.17, 15) is 0 Å². The number of rotatable bonds is 6. The summed E-state index contributed by atoms with van der Waals surface area (Å²) in [6, 6.07) is 8.50. The molecule has 100 valence electrons. The van der Waals surface area contributed by atoms with E-state index in [0.717, 1.165) is 19.0 Å². The zero-order valence-corrected chi connectivity index (χ0v) is 11.2. The first-order chi connectivity index (χ1) is 8.90. The molecule has 1 fully saturated rings. The number of hydrogen-bond acceptors (Lipinski definition) is 3. The maximum atomic E-state index is 5.23. The number of piperidine rings is 1. The van der Waals surface area contributed by atoms with Crippen molar-refractivity contribution >= 4 is 0 Å². The fourth-order valence-electron chi connectivity index (χ4n) is 2.52. The lowest BCUT2D eigenvalue weighted by atomic mass is 9.98. The summed E-state index contributed by atoms with van der Waals surface area (Å²) in [4.78, 5) is 0. The summed E-state index contributed by atoms with van der Waals surface area (Å²) in [5, 5.41) is 6.99. The fraction of sp³-hybridized carbons (Fsp3) is 0.600. The molecule has 0 spiro atoms. The Morgan fingerprint density at radius 1 is 1.22 bits per heavy atom. The molecular weight excluding hydrogens is 224 g/mol. The molecular formula is C15H24N2O. The van der Waals surface area contributed by atoms with E-state index in [4.69, 9.17) is 4.74 Å². The van der Waals surface area contributed by atoms with Crippen LogP contribution in [-0.2, 0) is 17.9 Å². The topological polar surface area (TPSA) is 33.3 Å². The van der Waals surface area contributed by atoms with Crippen molar-refractivity contribution in [2.24, 2.45) is 5.92 Å². The van der Waals surface area contributed by atoms with Crippen LogP contribution >= 0.6 is 0 Å². The van der Waals surface area contributed by atoms with Crippen molar-refractivity contribution in [1.82, 2.24) is 10.6 Å². The van der Waals surface area contributed by atoms with Crippen LogP contribution in [0.3, 0.4) is 0 Å². The Labute approximate surface area is 110 Å².